The second-order valence-electron chi connectivity index (χ2n) is 6.17. The number of nitrogens with two attached hydrogens (primary N) is 1. The van der Waals surface area contributed by atoms with Crippen molar-refractivity contribution in [3.8, 4) is 5.75 Å². The van der Waals surface area contributed by atoms with E-state index >= 15 is 0 Å². The SMILES string of the molecule is COc1ccc(N(C)CC2(CN)CCCCCC2)cc1. The Bertz CT molecular complexity index is 394. The van der Waals surface area contributed by atoms with Gasteiger partial charge in [0.1, 0.15) is 5.75 Å². The Kier molecular flexibility index (Phi) is 5.30. The van der Waals surface area contributed by atoms with Crippen molar-refractivity contribution in [3.05, 3.63) is 24.3 Å². The molecule has 0 saturated heterocycles. The van der Waals surface area contributed by atoms with E-state index in [1.54, 1.807) is 7.11 Å². The van der Waals surface area contributed by atoms with Crippen LogP contribution in [0, 0.1) is 5.41 Å². The lowest BCUT2D eigenvalue weighted by Gasteiger charge is -2.36. The molecule has 112 valence electrons. The third-order valence-corrected chi connectivity index (χ3v) is 4.68. The highest BCUT2D eigenvalue weighted by Crippen LogP contribution is 2.35. The summed E-state index contributed by atoms with van der Waals surface area (Å²) in [5, 5.41) is 0. The van der Waals surface area contributed by atoms with Crippen molar-refractivity contribution in [2.45, 2.75) is 38.5 Å². The normalized spacial score (nSPS) is 18.4. The maximum absolute atomic E-state index is 6.13. The summed E-state index contributed by atoms with van der Waals surface area (Å²) >= 11 is 0. The average Bonchev–Trinajstić information content (AvgIpc) is 2.73. The van der Waals surface area contributed by atoms with Crippen LogP contribution in [0.5, 0.6) is 5.75 Å². The molecule has 1 aromatic carbocycles. The highest BCUT2D eigenvalue weighted by atomic mass is 16.5. The van der Waals surface area contributed by atoms with Gasteiger partial charge in [-0.3, -0.25) is 0 Å². The van der Waals surface area contributed by atoms with Gasteiger partial charge in [0.25, 0.3) is 0 Å². The van der Waals surface area contributed by atoms with Crippen LogP contribution in [0.25, 0.3) is 0 Å². The molecule has 0 atom stereocenters. The average molecular weight is 276 g/mol. The standard InChI is InChI=1S/C17H28N2O/c1-19(15-7-9-16(20-2)10-8-15)14-17(13-18)11-5-3-4-6-12-17/h7-10H,3-6,11-14,18H2,1-2H3. The third kappa shape index (κ3) is 3.66. The number of hydrogen-bond acceptors (Lipinski definition) is 3. The first-order valence-corrected chi connectivity index (χ1v) is 7.74. The summed E-state index contributed by atoms with van der Waals surface area (Å²) in [4.78, 5) is 2.34. The van der Waals surface area contributed by atoms with Gasteiger partial charge in [0.05, 0.1) is 7.11 Å². The number of ether oxygens (including phenoxy) is 1. The second-order valence-corrected chi connectivity index (χ2v) is 6.17. The summed E-state index contributed by atoms with van der Waals surface area (Å²) in [6, 6.07) is 8.29. The van der Waals surface area contributed by atoms with Gasteiger partial charge >= 0.3 is 0 Å². The maximum atomic E-state index is 6.13. The Morgan fingerprint density at radius 2 is 1.70 bits per heavy atom. The minimum absolute atomic E-state index is 0.297. The number of methoxy groups -OCH3 is 1. The summed E-state index contributed by atoms with van der Waals surface area (Å²) in [5.41, 5.74) is 7.67. The molecule has 0 amide bonds. The van der Waals surface area contributed by atoms with Crippen LogP contribution in [0.4, 0.5) is 5.69 Å². The van der Waals surface area contributed by atoms with Crippen LogP contribution in [-0.2, 0) is 0 Å². The molecule has 0 heterocycles. The first-order valence-electron chi connectivity index (χ1n) is 7.74. The van der Waals surface area contributed by atoms with Crippen molar-refractivity contribution >= 4 is 5.69 Å². The van der Waals surface area contributed by atoms with E-state index in [2.05, 4.69) is 24.1 Å². The van der Waals surface area contributed by atoms with Gasteiger partial charge in [-0.2, -0.15) is 0 Å². The summed E-state index contributed by atoms with van der Waals surface area (Å²) in [5.74, 6) is 0.908. The molecule has 1 fully saturated rings. The monoisotopic (exact) mass is 276 g/mol. The van der Waals surface area contributed by atoms with Crippen LogP contribution in [-0.4, -0.2) is 27.2 Å². The van der Waals surface area contributed by atoms with Gasteiger partial charge < -0.3 is 15.4 Å². The molecule has 0 bridgehead atoms. The fraction of sp³-hybridized carbons (Fsp3) is 0.647. The Hall–Kier alpha value is -1.22. The van der Waals surface area contributed by atoms with Crippen molar-refractivity contribution in [2.75, 3.05) is 32.1 Å². The third-order valence-electron chi connectivity index (χ3n) is 4.68. The quantitative estimate of drug-likeness (QED) is 0.837. The van der Waals surface area contributed by atoms with Crippen molar-refractivity contribution < 1.29 is 4.74 Å². The molecule has 1 aliphatic carbocycles. The van der Waals surface area contributed by atoms with Crippen molar-refractivity contribution in [1.29, 1.82) is 0 Å². The highest BCUT2D eigenvalue weighted by molar-refractivity contribution is 5.48. The zero-order valence-electron chi connectivity index (χ0n) is 12.9. The molecule has 1 aliphatic rings. The van der Waals surface area contributed by atoms with Gasteiger partial charge in [-0.1, -0.05) is 25.7 Å². The predicted molar refractivity (Wildman–Crippen MR) is 85.5 cm³/mol. The van der Waals surface area contributed by atoms with Gasteiger partial charge in [0.15, 0.2) is 0 Å². The summed E-state index contributed by atoms with van der Waals surface area (Å²) < 4.78 is 5.22. The van der Waals surface area contributed by atoms with Crippen molar-refractivity contribution in [2.24, 2.45) is 11.1 Å². The molecule has 2 rings (SSSR count). The molecule has 0 aliphatic heterocycles. The van der Waals surface area contributed by atoms with Crippen LogP contribution < -0.4 is 15.4 Å². The second kappa shape index (κ2) is 6.98. The predicted octanol–water partition coefficient (Wildman–Crippen LogP) is 3.43. The molecule has 1 aromatic rings. The summed E-state index contributed by atoms with van der Waals surface area (Å²) in [6.07, 6.45) is 7.93. The van der Waals surface area contributed by atoms with E-state index < -0.39 is 0 Å². The lowest BCUT2D eigenvalue weighted by Crippen LogP contribution is -2.41. The minimum atomic E-state index is 0.297. The number of hydrogen-bond donors (Lipinski definition) is 1. The fourth-order valence-electron chi connectivity index (χ4n) is 3.34. The van der Waals surface area contributed by atoms with E-state index in [0.29, 0.717) is 5.41 Å². The molecule has 0 unspecified atom stereocenters. The van der Waals surface area contributed by atoms with Crippen LogP contribution in [0.1, 0.15) is 38.5 Å². The number of nitrogens with zero attached hydrogens (tertiary/aromatic N) is 1. The zero-order valence-corrected chi connectivity index (χ0v) is 12.9. The molecular weight excluding hydrogens is 248 g/mol. The molecule has 0 aromatic heterocycles. The van der Waals surface area contributed by atoms with Crippen LogP contribution in [0.2, 0.25) is 0 Å². The number of rotatable bonds is 5. The van der Waals surface area contributed by atoms with Gasteiger partial charge in [0.2, 0.25) is 0 Å². The lowest BCUT2D eigenvalue weighted by molar-refractivity contribution is 0.262. The molecule has 0 radical (unpaired) electrons. The fourth-order valence-corrected chi connectivity index (χ4v) is 3.34. The van der Waals surface area contributed by atoms with E-state index in [-0.39, 0.29) is 0 Å². The van der Waals surface area contributed by atoms with Crippen LogP contribution in [0.15, 0.2) is 24.3 Å². The van der Waals surface area contributed by atoms with E-state index in [0.717, 1.165) is 18.8 Å². The lowest BCUT2D eigenvalue weighted by atomic mass is 9.80. The number of benzene rings is 1. The topological polar surface area (TPSA) is 38.5 Å². The number of anilines is 1. The van der Waals surface area contributed by atoms with E-state index in [1.807, 2.05) is 12.1 Å². The molecular formula is C17H28N2O. The first-order chi connectivity index (χ1) is 9.69. The van der Waals surface area contributed by atoms with Crippen LogP contribution >= 0.6 is 0 Å². The van der Waals surface area contributed by atoms with E-state index in [9.17, 15) is 0 Å². The van der Waals surface area contributed by atoms with Gasteiger partial charge in [-0.25, -0.2) is 0 Å². The molecule has 0 spiro atoms. The molecule has 3 nitrogen and oxygen atoms in total. The van der Waals surface area contributed by atoms with E-state index in [1.165, 1.54) is 44.2 Å². The Morgan fingerprint density at radius 1 is 1.10 bits per heavy atom. The maximum Gasteiger partial charge on any atom is 0.119 e. The summed E-state index contributed by atoms with van der Waals surface area (Å²) in [7, 11) is 3.87. The van der Waals surface area contributed by atoms with Gasteiger partial charge in [-0.15, -0.1) is 0 Å². The molecule has 20 heavy (non-hydrogen) atoms. The van der Waals surface area contributed by atoms with Crippen molar-refractivity contribution in [3.63, 3.8) is 0 Å². The van der Waals surface area contributed by atoms with E-state index in [4.69, 9.17) is 10.5 Å². The smallest absolute Gasteiger partial charge is 0.119 e. The van der Waals surface area contributed by atoms with Gasteiger partial charge in [-0.05, 0) is 43.7 Å². The highest BCUT2D eigenvalue weighted by Gasteiger charge is 2.30. The molecule has 1 saturated carbocycles. The zero-order chi connectivity index (χ0) is 14.4. The van der Waals surface area contributed by atoms with Gasteiger partial charge in [0, 0.05) is 24.7 Å². The molecule has 3 heteroatoms. The Balaban J connectivity index is 2.05. The molecule has 2 N–H and O–H groups in total. The Morgan fingerprint density at radius 3 is 2.20 bits per heavy atom. The first kappa shape index (κ1) is 15.2. The minimum Gasteiger partial charge on any atom is -0.497 e. The van der Waals surface area contributed by atoms with Crippen molar-refractivity contribution in [1.82, 2.24) is 0 Å². The largest absolute Gasteiger partial charge is 0.497 e. The van der Waals surface area contributed by atoms with Crippen LogP contribution in [0.3, 0.4) is 0 Å². The summed E-state index contributed by atoms with van der Waals surface area (Å²) in [6.45, 7) is 1.85. The Labute approximate surface area is 123 Å².